The molecule has 3 nitrogen and oxygen atoms in total. The quantitative estimate of drug-likeness (QED) is 0.512. The van der Waals surface area contributed by atoms with Gasteiger partial charge in [0.05, 0.1) is 10.7 Å². The summed E-state index contributed by atoms with van der Waals surface area (Å²) < 4.78 is 0. The molecule has 1 aliphatic carbocycles. The van der Waals surface area contributed by atoms with Crippen LogP contribution in [0.3, 0.4) is 0 Å². The normalized spacial score (nSPS) is 13.3. The third-order valence-electron chi connectivity index (χ3n) is 3.51. The van der Waals surface area contributed by atoms with Crippen molar-refractivity contribution in [1.29, 1.82) is 0 Å². The number of hydrogen-bond donors (Lipinski definition) is 2. The maximum atomic E-state index is 6.17. The van der Waals surface area contributed by atoms with Crippen LogP contribution < -0.4 is 11.3 Å². The molecule has 104 valence electrons. The number of thioether (sulfide) groups is 1. The van der Waals surface area contributed by atoms with E-state index >= 15 is 0 Å². The number of hydrogen-bond acceptors (Lipinski definition) is 4. The van der Waals surface area contributed by atoms with Gasteiger partial charge in [0.15, 0.2) is 0 Å². The Bertz CT molecular complexity index is 631. The number of benzene rings is 1. The molecule has 3 N–H and O–H groups in total. The molecule has 3 rings (SSSR count). The first-order chi connectivity index (χ1) is 9.76. The van der Waals surface area contributed by atoms with Crippen molar-refractivity contribution < 1.29 is 0 Å². The largest absolute Gasteiger partial charge is 0.308 e. The Morgan fingerprint density at radius 1 is 1.20 bits per heavy atom. The van der Waals surface area contributed by atoms with E-state index in [4.69, 9.17) is 17.4 Å². The average molecular weight is 306 g/mol. The molecular weight excluding hydrogens is 290 g/mol. The van der Waals surface area contributed by atoms with E-state index in [-0.39, 0.29) is 0 Å². The van der Waals surface area contributed by atoms with Crippen molar-refractivity contribution in [2.24, 2.45) is 5.84 Å². The summed E-state index contributed by atoms with van der Waals surface area (Å²) in [4.78, 5) is 5.66. The fourth-order valence-electron chi connectivity index (χ4n) is 2.46. The number of nitrogens with one attached hydrogen (secondary N) is 1. The highest BCUT2D eigenvalue weighted by Gasteiger charge is 2.11. The van der Waals surface area contributed by atoms with E-state index in [1.54, 1.807) is 17.8 Å². The molecular formula is C15H16ClN3S. The summed E-state index contributed by atoms with van der Waals surface area (Å²) >= 11 is 7.93. The predicted octanol–water partition coefficient (Wildman–Crippen LogP) is 3.80. The van der Waals surface area contributed by atoms with Crippen LogP contribution in [0, 0.1) is 0 Å². The highest BCUT2D eigenvalue weighted by atomic mass is 35.5. The fraction of sp³-hybridized carbons (Fsp3) is 0.267. The van der Waals surface area contributed by atoms with Crippen LogP contribution in [0.1, 0.15) is 23.2 Å². The van der Waals surface area contributed by atoms with Crippen molar-refractivity contribution in [2.75, 3.05) is 5.43 Å². The number of aromatic nitrogens is 1. The van der Waals surface area contributed by atoms with Crippen molar-refractivity contribution in [3.63, 3.8) is 0 Å². The van der Waals surface area contributed by atoms with Gasteiger partial charge < -0.3 is 5.43 Å². The molecule has 0 saturated heterocycles. The van der Waals surface area contributed by atoms with Crippen LogP contribution in [0.15, 0.2) is 35.2 Å². The third-order valence-corrected chi connectivity index (χ3v) is 4.86. The Morgan fingerprint density at radius 2 is 2.05 bits per heavy atom. The highest BCUT2D eigenvalue weighted by Crippen LogP contribution is 2.30. The number of pyridine rings is 1. The van der Waals surface area contributed by atoms with Crippen LogP contribution in [0.4, 0.5) is 5.82 Å². The standard InChI is InChI=1S/C15H16ClN3S/c16-13-6-7-15(19-17)18-14(13)9-20-12-5-4-10-2-1-3-11(10)8-12/h4-8H,1-3,9,17H2,(H,18,19). The maximum Gasteiger partial charge on any atom is 0.140 e. The molecule has 0 atom stereocenters. The lowest BCUT2D eigenvalue weighted by Crippen LogP contribution is -2.09. The van der Waals surface area contributed by atoms with E-state index < -0.39 is 0 Å². The highest BCUT2D eigenvalue weighted by molar-refractivity contribution is 7.98. The average Bonchev–Trinajstić information content (AvgIpc) is 2.94. The Kier molecular flexibility index (Phi) is 4.15. The zero-order chi connectivity index (χ0) is 13.9. The maximum absolute atomic E-state index is 6.17. The number of hydrazine groups is 1. The minimum absolute atomic E-state index is 0.638. The van der Waals surface area contributed by atoms with Crippen molar-refractivity contribution in [3.8, 4) is 0 Å². The molecule has 2 aromatic rings. The Labute approximate surface area is 127 Å². The summed E-state index contributed by atoms with van der Waals surface area (Å²) in [7, 11) is 0. The SMILES string of the molecule is NNc1ccc(Cl)c(CSc2ccc3c(c2)CCC3)n1. The van der Waals surface area contributed by atoms with E-state index in [2.05, 4.69) is 28.6 Å². The molecule has 1 aliphatic rings. The van der Waals surface area contributed by atoms with Gasteiger partial charge in [-0.3, -0.25) is 0 Å². The molecule has 0 bridgehead atoms. The number of anilines is 1. The van der Waals surface area contributed by atoms with E-state index in [0.29, 0.717) is 10.8 Å². The minimum Gasteiger partial charge on any atom is -0.308 e. The van der Waals surface area contributed by atoms with Gasteiger partial charge in [-0.25, -0.2) is 10.8 Å². The fourth-order valence-corrected chi connectivity index (χ4v) is 3.62. The third kappa shape index (κ3) is 2.92. The number of aryl methyl sites for hydroxylation is 2. The molecule has 0 fully saturated rings. The van der Waals surface area contributed by atoms with Crippen molar-refractivity contribution >= 4 is 29.2 Å². The van der Waals surface area contributed by atoms with Gasteiger partial charge in [0, 0.05) is 10.6 Å². The molecule has 1 heterocycles. The molecule has 0 spiro atoms. The Morgan fingerprint density at radius 3 is 2.90 bits per heavy atom. The molecule has 1 aromatic heterocycles. The summed E-state index contributed by atoms with van der Waals surface area (Å²) in [5, 5.41) is 0.678. The molecule has 0 aliphatic heterocycles. The summed E-state index contributed by atoms with van der Waals surface area (Å²) in [6.07, 6.45) is 3.70. The van der Waals surface area contributed by atoms with Gasteiger partial charge in [-0.1, -0.05) is 17.7 Å². The summed E-state index contributed by atoms with van der Waals surface area (Å²) in [5.41, 5.74) is 6.39. The van der Waals surface area contributed by atoms with Crippen molar-refractivity contribution in [3.05, 3.63) is 52.2 Å². The van der Waals surface area contributed by atoms with Gasteiger partial charge in [0.2, 0.25) is 0 Å². The van der Waals surface area contributed by atoms with Crippen LogP contribution in [0.25, 0.3) is 0 Å². The molecule has 1 aromatic carbocycles. The lowest BCUT2D eigenvalue weighted by molar-refractivity contribution is 0.911. The summed E-state index contributed by atoms with van der Waals surface area (Å²) in [6.45, 7) is 0. The second kappa shape index (κ2) is 6.04. The molecule has 20 heavy (non-hydrogen) atoms. The molecule has 0 amide bonds. The second-order valence-electron chi connectivity index (χ2n) is 4.84. The van der Waals surface area contributed by atoms with Gasteiger partial charge >= 0.3 is 0 Å². The van der Waals surface area contributed by atoms with Crippen LogP contribution in [-0.4, -0.2) is 4.98 Å². The van der Waals surface area contributed by atoms with Crippen molar-refractivity contribution in [2.45, 2.75) is 29.9 Å². The zero-order valence-electron chi connectivity index (χ0n) is 11.0. The van der Waals surface area contributed by atoms with Crippen LogP contribution in [0.2, 0.25) is 5.02 Å². The van der Waals surface area contributed by atoms with Crippen LogP contribution >= 0.6 is 23.4 Å². The number of halogens is 1. The summed E-state index contributed by atoms with van der Waals surface area (Å²) in [6, 6.07) is 10.3. The molecule has 5 heteroatoms. The first-order valence-corrected chi connectivity index (χ1v) is 7.99. The molecule has 0 radical (unpaired) electrons. The summed E-state index contributed by atoms with van der Waals surface area (Å²) in [5.74, 6) is 6.76. The van der Waals surface area contributed by atoms with Gasteiger partial charge in [-0.2, -0.15) is 0 Å². The number of rotatable bonds is 4. The number of nitrogens with two attached hydrogens (primary N) is 1. The first kappa shape index (κ1) is 13.7. The first-order valence-electron chi connectivity index (χ1n) is 6.63. The van der Waals surface area contributed by atoms with Gasteiger partial charge in [0.25, 0.3) is 0 Å². The topological polar surface area (TPSA) is 50.9 Å². The number of nitrogen functional groups attached to an aromatic ring is 1. The van der Waals surface area contributed by atoms with Gasteiger partial charge in [-0.05, 0) is 54.7 Å². The van der Waals surface area contributed by atoms with E-state index in [9.17, 15) is 0 Å². The monoisotopic (exact) mass is 305 g/mol. The van der Waals surface area contributed by atoms with Crippen molar-refractivity contribution in [1.82, 2.24) is 4.98 Å². The Balaban J connectivity index is 1.73. The van der Waals surface area contributed by atoms with Crippen LogP contribution in [-0.2, 0) is 18.6 Å². The zero-order valence-corrected chi connectivity index (χ0v) is 12.6. The lowest BCUT2D eigenvalue weighted by atomic mass is 10.1. The van der Waals surface area contributed by atoms with Gasteiger partial charge in [-0.15, -0.1) is 11.8 Å². The number of fused-ring (bicyclic) bond motifs is 1. The molecule has 0 unspecified atom stereocenters. The predicted molar refractivity (Wildman–Crippen MR) is 85.1 cm³/mol. The van der Waals surface area contributed by atoms with E-state index in [0.717, 1.165) is 11.4 Å². The molecule has 0 saturated carbocycles. The van der Waals surface area contributed by atoms with Crippen LogP contribution in [0.5, 0.6) is 0 Å². The minimum atomic E-state index is 0.638. The second-order valence-corrected chi connectivity index (χ2v) is 6.30. The number of nitrogens with zero attached hydrogens (tertiary/aromatic N) is 1. The smallest absolute Gasteiger partial charge is 0.140 e. The van der Waals surface area contributed by atoms with Gasteiger partial charge in [0.1, 0.15) is 5.82 Å². The Hall–Kier alpha value is -1.23. The van der Waals surface area contributed by atoms with E-state index in [1.807, 2.05) is 6.07 Å². The van der Waals surface area contributed by atoms with E-state index in [1.165, 1.54) is 35.3 Å². The lowest BCUT2D eigenvalue weighted by Gasteiger charge is -2.07.